The van der Waals surface area contributed by atoms with Crippen molar-refractivity contribution in [2.45, 2.75) is 44.1 Å². The molecule has 0 aromatic heterocycles. The minimum atomic E-state index is -0.257. The van der Waals surface area contributed by atoms with Crippen LogP contribution >= 0.6 is 0 Å². The number of benzene rings is 1. The average Bonchev–Trinajstić information content (AvgIpc) is 3.48. The van der Waals surface area contributed by atoms with Gasteiger partial charge in [0, 0.05) is 24.5 Å². The Kier molecular flexibility index (Phi) is 4.10. The van der Waals surface area contributed by atoms with Crippen LogP contribution in [0.4, 0.5) is 9.18 Å². The Bertz CT molecular complexity index is 596. The van der Waals surface area contributed by atoms with Gasteiger partial charge in [0.2, 0.25) is 0 Å². The van der Waals surface area contributed by atoms with Gasteiger partial charge in [-0.25, -0.2) is 9.18 Å². The molecule has 0 spiro atoms. The number of ether oxygens (including phenoxy) is 1. The summed E-state index contributed by atoms with van der Waals surface area (Å²) in [5, 5.41) is 3.30. The van der Waals surface area contributed by atoms with Crippen molar-refractivity contribution in [1.29, 1.82) is 0 Å². The third-order valence-corrected chi connectivity index (χ3v) is 5.61. The van der Waals surface area contributed by atoms with Crippen molar-refractivity contribution in [2.75, 3.05) is 19.7 Å². The number of carbonyl (C=O) groups is 1. The van der Waals surface area contributed by atoms with Crippen molar-refractivity contribution in [1.82, 2.24) is 10.2 Å². The highest BCUT2D eigenvalue weighted by atomic mass is 19.1. The summed E-state index contributed by atoms with van der Waals surface area (Å²) in [5.41, 5.74) is 0.134. The van der Waals surface area contributed by atoms with E-state index < -0.39 is 0 Å². The van der Waals surface area contributed by atoms with Gasteiger partial charge in [0.15, 0.2) is 0 Å². The van der Waals surface area contributed by atoms with Gasteiger partial charge in [0.05, 0.1) is 6.61 Å². The molecule has 1 N–H and O–H groups in total. The monoisotopic (exact) mass is 332 g/mol. The number of nitrogens with zero attached hydrogens (tertiary/aromatic N) is 1. The largest absolute Gasteiger partial charge is 0.493 e. The van der Waals surface area contributed by atoms with Crippen molar-refractivity contribution in [2.24, 2.45) is 11.8 Å². The van der Waals surface area contributed by atoms with Crippen LogP contribution in [-0.4, -0.2) is 36.2 Å². The number of halogens is 1. The summed E-state index contributed by atoms with van der Waals surface area (Å²) in [6.45, 7) is 2.15. The number of hydrogen-bond acceptors (Lipinski definition) is 2. The summed E-state index contributed by atoms with van der Waals surface area (Å²) in [4.78, 5) is 14.5. The second-order valence-electron chi connectivity index (χ2n) is 7.58. The van der Waals surface area contributed by atoms with Crippen LogP contribution in [-0.2, 0) is 0 Å². The molecule has 1 saturated heterocycles. The van der Waals surface area contributed by atoms with E-state index in [4.69, 9.17) is 4.74 Å². The third-order valence-electron chi connectivity index (χ3n) is 5.61. The summed E-state index contributed by atoms with van der Waals surface area (Å²) in [5.74, 6) is 1.49. The number of likely N-dealkylation sites (tertiary alicyclic amines) is 1. The van der Waals surface area contributed by atoms with E-state index in [1.165, 1.54) is 25.0 Å². The Balaban J connectivity index is 1.27. The molecule has 1 aliphatic heterocycles. The van der Waals surface area contributed by atoms with Crippen LogP contribution in [0.3, 0.4) is 0 Å². The molecule has 1 atom stereocenters. The predicted octanol–water partition coefficient (Wildman–Crippen LogP) is 3.57. The number of piperidine rings is 1. The summed E-state index contributed by atoms with van der Waals surface area (Å²) in [6.07, 6.45) is 6.92. The lowest BCUT2D eigenvalue weighted by Gasteiger charge is -2.34. The number of urea groups is 1. The SMILES string of the molecule is O=C(NC1(C2CC2)CC1)N1CCC[C@H](COc2ccc(F)cc2)C1. The summed E-state index contributed by atoms with van der Waals surface area (Å²) in [6, 6.07) is 6.21. The highest BCUT2D eigenvalue weighted by Crippen LogP contribution is 2.53. The van der Waals surface area contributed by atoms with Crippen molar-refractivity contribution in [3.8, 4) is 5.75 Å². The first-order valence-electron chi connectivity index (χ1n) is 9.10. The second-order valence-corrected chi connectivity index (χ2v) is 7.58. The van der Waals surface area contributed by atoms with E-state index in [1.54, 1.807) is 12.1 Å². The third kappa shape index (κ3) is 3.50. The molecule has 0 bridgehead atoms. The first-order chi connectivity index (χ1) is 11.6. The van der Waals surface area contributed by atoms with Gasteiger partial charge >= 0.3 is 6.03 Å². The van der Waals surface area contributed by atoms with Crippen LogP contribution in [0.5, 0.6) is 5.75 Å². The standard InChI is InChI=1S/C19H25FN2O2/c20-16-5-7-17(8-6-16)24-13-14-2-1-11-22(12-14)18(23)21-19(9-10-19)15-3-4-15/h5-8,14-15H,1-4,9-13H2,(H,21,23)/t14-/m0/s1. The first kappa shape index (κ1) is 15.7. The molecule has 1 aromatic rings. The number of hydrogen-bond donors (Lipinski definition) is 1. The van der Waals surface area contributed by atoms with Gasteiger partial charge < -0.3 is 15.0 Å². The first-order valence-corrected chi connectivity index (χ1v) is 9.10. The Hall–Kier alpha value is -1.78. The highest BCUT2D eigenvalue weighted by molar-refractivity contribution is 5.76. The highest BCUT2D eigenvalue weighted by Gasteiger charge is 2.55. The van der Waals surface area contributed by atoms with Crippen LogP contribution in [0, 0.1) is 17.7 Å². The zero-order chi connectivity index (χ0) is 16.6. The van der Waals surface area contributed by atoms with Gasteiger partial charge in [-0.2, -0.15) is 0 Å². The van der Waals surface area contributed by atoms with E-state index in [-0.39, 0.29) is 17.4 Å². The smallest absolute Gasteiger partial charge is 0.317 e. The molecule has 2 amide bonds. The van der Waals surface area contributed by atoms with Crippen LogP contribution in [0.2, 0.25) is 0 Å². The van der Waals surface area contributed by atoms with Crippen LogP contribution in [0.25, 0.3) is 0 Å². The Morgan fingerprint density at radius 3 is 2.67 bits per heavy atom. The molecule has 24 heavy (non-hydrogen) atoms. The topological polar surface area (TPSA) is 41.6 Å². The lowest BCUT2D eigenvalue weighted by molar-refractivity contribution is 0.134. The molecule has 0 radical (unpaired) electrons. The molecule has 5 heteroatoms. The van der Waals surface area contributed by atoms with Gasteiger partial charge in [-0.05, 0) is 68.7 Å². The molecule has 2 saturated carbocycles. The minimum Gasteiger partial charge on any atom is -0.493 e. The van der Waals surface area contributed by atoms with Crippen molar-refractivity contribution in [3.63, 3.8) is 0 Å². The van der Waals surface area contributed by atoms with Gasteiger partial charge in [-0.15, -0.1) is 0 Å². The van der Waals surface area contributed by atoms with Gasteiger partial charge in [-0.1, -0.05) is 0 Å². The van der Waals surface area contributed by atoms with Crippen molar-refractivity contribution < 1.29 is 13.9 Å². The fourth-order valence-corrected chi connectivity index (χ4v) is 3.83. The molecule has 3 aliphatic rings. The van der Waals surface area contributed by atoms with E-state index in [0.29, 0.717) is 18.3 Å². The van der Waals surface area contributed by atoms with Gasteiger partial charge in [0.1, 0.15) is 11.6 Å². The molecular weight excluding hydrogens is 307 g/mol. The number of rotatable bonds is 5. The second kappa shape index (κ2) is 6.26. The lowest BCUT2D eigenvalue weighted by atomic mass is 9.99. The molecule has 0 unspecified atom stereocenters. The maximum atomic E-state index is 12.9. The van der Waals surface area contributed by atoms with E-state index in [2.05, 4.69) is 5.32 Å². The molecular formula is C19H25FN2O2. The normalized spacial score (nSPS) is 25.2. The van der Waals surface area contributed by atoms with E-state index in [9.17, 15) is 9.18 Å². The molecule has 2 aliphatic carbocycles. The van der Waals surface area contributed by atoms with Crippen LogP contribution in [0.1, 0.15) is 38.5 Å². The molecule has 1 aromatic carbocycles. The van der Waals surface area contributed by atoms with Gasteiger partial charge in [-0.3, -0.25) is 0 Å². The number of nitrogens with one attached hydrogen (secondary N) is 1. The van der Waals surface area contributed by atoms with Crippen molar-refractivity contribution >= 4 is 6.03 Å². The Labute approximate surface area is 142 Å². The van der Waals surface area contributed by atoms with E-state index >= 15 is 0 Å². The average molecular weight is 332 g/mol. The lowest BCUT2D eigenvalue weighted by Crippen LogP contribution is -2.50. The van der Waals surface area contributed by atoms with Crippen LogP contribution < -0.4 is 10.1 Å². The zero-order valence-electron chi connectivity index (χ0n) is 14.0. The summed E-state index contributed by atoms with van der Waals surface area (Å²) < 4.78 is 18.7. The summed E-state index contributed by atoms with van der Waals surface area (Å²) in [7, 11) is 0. The summed E-state index contributed by atoms with van der Waals surface area (Å²) >= 11 is 0. The fourth-order valence-electron chi connectivity index (χ4n) is 3.83. The van der Waals surface area contributed by atoms with Gasteiger partial charge in [0.25, 0.3) is 0 Å². The fraction of sp³-hybridized carbons (Fsp3) is 0.632. The van der Waals surface area contributed by atoms with Crippen molar-refractivity contribution in [3.05, 3.63) is 30.1 Å². The number of carbonyl (C=O) groups excluding carboxylic acids is 1. The maximum Gasteiger partial charge on any atom is 0.317 e. The Morgan fingerprint density at radius 1 is 1.25 bits per heavy atom. The zero-order valence-corrected chi connectivity index (χ0v) is 14.0. The molecule has 1 heterocycles. The molecule has 130 valence electrons. The maximum absolute atomic E-state index is 12.9. The Morgan fingerprint density at radius 2 is 2.00 bits per heavy atom. The molecule has 3 fully saturated rings. The van der Waals surface area contributed by atoms with Crippen LogP contribution in [0.15, 0.2) is 24.3 Å². The minimum absolute atomic E-state index is 0.103. The van der Waals surface area contributed by atoms with E-state index in [0.717, 1.165) is 44.7 Å². The predicted molar refractivity (Wildman–Crippen MR) is 89.4 cm³/mol. The quantitative estimate of drug-likeness (QED) is 0.895. The molecule has 4 rings (SSSR count). The number of amides is 2. The molecule has 4 nitrogen and oxygen atoms in total. The van der Waals surface area contributed by atoms with E-state index in [1.807, 2.05) is 4.90 Å².